The Morgan fingerprint density at radius 1 is 1.21 bits per heavy atom. The number of fused-ring (bicyclic) bond motifs is 3. The number of nitrogens with zero attached hydrogens (tertiary/aromatic N) is 5. The largest absolute Gasteiger partial charge is 0.462 e. The number of hydrogen-bond donors (Lipinski definition) is 0. The first kappa shape index (κ1) is 18.9. The van der Waals surface area contributed by atoms with E-state index in [1.165, 1.54) is 9.80 Å². The average Bonchev–Trinajstić information content (AvgIpc) is 3.21. The van der Waals surface area contributed by atoms with E-state index in [0.29, 0.717) is 30.5 Å². The van der Waals surface area contributed by atoms with Crippen LogP contribution < -0.4 is 4.57 Å². The zero-order valence-corrected chi connectivity index (χ0v) is 16.7. The van der Waals surface area contributed by atoms with Crippen LogP contribution in [-0.2, 0) is 9.53 Å². The highest BCUT2D eigenvalue weighted by Crippen LogP contribution is 2.31. The van der Waals surface area contributed by atoms with Crippen LogP contribution in [0.1, 0.15) is 35.9 Å². The van der Waals surface area contributed by atoms with Gasteiger partial charge in [-0.1, -0.05) is 4.99 Å². The van der Waals surface area contributed by atoms with Crippen LogP contribution in [0.4, 0.5) is 10.7 Å². The number of hydrogen-bond acceptors (Lipinski definition) is 5. The number of carbonyl (C=O) groups is 3. The summed E-state index contributed by atoms with van der Waals surface area (Å²) in [5, 5.41) is 0. The SMILES string of the molecule is CCOC(=O)c1ccc(-n2c(C)c[n+]3c2N=C2C3C(=O)N(CC)C(=O)N2C)cc1. The number of imide groups is 1. The highest BCUT2D eigenvalue weighted by Gasteiger charge is 2.52. The van der Waals surface area contributed by atoms with Crippen molar-refractivity contribution < 1.29 is 23.7 Å². The topological polar surface area (TPSA) is 88.1 Å². The molecule has 0 bridgehead atoms. The number of urea groups is 1. The number of benzene rings is 1. The maximum absolute atomic E-state index is 12.9. The van der Waals surface area contributed by atoms with E-state index in [1.807, 2.05) is 17.7 Å². The second-order valence-corrected chi connectivity index (χ2v) is 6.88. The van der Waals surface area contributed by atoms with Crippen molar-refractivity contribution in [3.8, 4) is 5.69 Å². The normalized spacial score (nSPS) is 17.9. The molecular weight excluding hydrogens is 374 g/mol. The molecule has 0 saturated carbocycles. The van der Waals surface area contributed by atoms with Crippen molar-refractivity contribution >= 4 is 29.7 Å². The molecule has 2 aliphatic rings. The number of imidazole rings is 1. The lowest BCUT2D eigenvalue weighted by Crippen LogP contribution is -2.62. The molecular formula is C20H22N5O4+. The maximum Gasteiger partial charge on any atom is 0.406 e. The van der Waals surface area contributed by atoms with Gasteiger partial charge in [0.1, 0.15) is 17.6 Å². The molecule has 1 fully saturated rings. The minimum absolute atomic E-state index is 0.284. The van der Waals surface area contributed by atoms with Crippen LogP contribution in [0, 0.1) is 6.92 Å². The number of aromatic nitrogens is 2. The summed E-state index contributed by atoms with van der Waals surface area (Å²) >= 11 is 0. The third-order valence-electron chi connectivity index (χ3n) is 5.16. The number of carbonyl (C=O) groups excluding carboxylic acids is 3. The molecule has 150 valence electrons. The molecule has 0 N–H and O–H groups in total. The quantitative estimate of drug-likeness (QED) is 0.582. The fraction of sp³-hybridized carbons (Fsp3) is 0.350. The van der Waals surface area contributed by atoms with Crippen LogP contribution in [-0.4, -0.2) is 58.3 Å². The Labute approximate surface area is 167 Å². The van der Waals surface area contributed by atoms with Gasteiger partial charge in [0.2, 0.25) is 11.9 Å². The zero-order valence-electron chi connectivity index (χ0n) is 16.7. The second-order valence-electron chi connectivity index (χ2n) is 6.88. The van der Waals surface area contributed by atoms with Gasteiger partial charge in [-0.15, -0.1) is 0 Å². The lowest BCUT2D eigenvalue weighted by atomic mass is 10.1. The number of ether oxygens (including phenoxy) is 1. The Balaban J connectivity index is 1.77. The number of amides is 3. The van der Waals surface area contributed by atoms with E-state index in [0.717, 1.165) is 11.4 Å². The van der Waals surface area contributed by atoms with Gasteiger partial charge in [0, 0.05) is 13.6 Å². The number of likely N-dealkylation sites (N-methyl/N-ethyl adjacent to an activating group) is 2. The monoisotopic (exact) mass is 396 g/mol. The summed E-state index contributed by atoms with van der Waals surface area (Å²) in [7, 11) is 1.63. The molecule has 0 radical (unpaired) electrons. The standard InChI is InChI=1S/C20H22N5O4/c1-5-23-17(26)15-16(22(4)20(23)28)21-19-24(15)11-12(3)25(19)14-9-7-13(8-10-14)18(27)29-6-2/h7-11,15H,5-6H2,1-4H3/q+1. The molecule has 2 aromatic rings. The van der Waals surface area contributed by atoms with Gasteiger partial charge in [-0.05, 0) is 45.0 Å². The Morgan fingerprint density at radius 3 is 2.52 bits per heavy atom. The van der Waals surface area contributed by atoms with E-state index >= 15 is 0 Å². The summed E-state index contributed by atoms with van der Waals surface area (Å²) in [6, 6.07) is 5.96. The van der Waals surface area contributed by atoms with Gasteiger partial charge in [-0.3, -0.25) is 14.6 Å². The van der Waals surface area contributed by atoms with Gasteiger partial charge in [0.15, 0.2) is 0 Å². The predicted molar refractivity (Wildman–Crippen MR) is 103 cm³/mol. The molecule has 4 rings (SSSR count). The highest BCUT2D eigenvalue weighted by molar-refractivity contribution is 6.19. The van der Waals surface area contributed by atoms with Crippen molar-refractivity contribution in [3.63, 3.8) is 0 Å². The van der Waals surface area contributed by atoms with Gasteiger partial charge in [0.25, 0.3) is 5.91 Å². The van der Waals surface area contributed by atoms with E-state index in [1.54, 1.807) is 49.7 Å². The fourth-order valence-electron chi connectivity index (χ4n) is 3.76. The lowest BCUT2D eigenvalue weighted by Gasteiger charge is -2.32. The van der Waals surface area contributed by atoms with Crippen LogP contribution in [0.5, 0.6) is 0 Å². The summed E-state index contributed by atoms with van der Waals surface area (Å²) in [5.41, 5.74) is 2.13. The number of rotatable bonds is 4. The van der Waals surface area contributed by atoms with E-state index in [4.69, 9.17) is 4.74 Å². The average molecular weight is 396 g/mol. The smallest absolute Gasteiger partial charge is 0.406 e. The Bertz CT molecular complexity index is 1050. The van der Waals surface area contributed by atoms with Crippen LogP contribution in [0.15, 0.2) is 35.5 Å². The molecule has 9 nitrogen and oxygen atoms in total. The van der Waals surface area contributed by atoms with Crippen LogP contribution in [0.3, 0.4) is 0 Å². The minimum Gasteiger partial charge on any atom is -0.462 e. The van der Waals surface area contributed by atoms with Crippen LogP contribution >= 0.6 is 0 Å². The van der Waals surface area contributed by atoms with Crippen LogP contribution in [0.2, 0.25) is 0 Å². The predicted octanol–water partition coefficient (Wildman–Crippen LogP) is 1.75. The summed E-state index contributed by atoms with van der Waals surface area (Å²) in [6.45, 7) is 6.07. The zero-order chi connectivity index (χ0) is 20.9. The van der Waals surface area contributed by atoms with Gasteiger partial charge < -0.3 is 4.74 Å². The molecule has 3 heterocycles. The fourth-order valence-corrected chi connectivity index (χ4v) is 3.76. The molecule has 1 aromatic carbocycles. The number of esters is 1. The van der Waals surface area contributed by atoms with Crippen molar-refractivity contribution in [2.45, 2.75) is 26.8 Å². The second kappa shape index (κ2) is 6.84. The molecule has 29 heavy (non-hydrogen) atoms. The molecule has 0 spiro atoms. The third kappa shape index (κ3) is 2.72. The Morgan fingerprint density at radius 2 is 1.90 bits per heavy atom. The lowest BCUT2D eigenvalue weighted by molar-refractivity contribution is -0.676. The van der Waals surface area contributed by atoms with Crippen molar-refractivity contribution in [1.29, 1.82) is 0 Å². The Hall–Kier alpha value is -3.49. The summed E-state index contributed by atoms with van der Waals surface area (Å²) in [4.78, 5) is 44.5. The van der Waals surface area contributed by atoms with Crippen molar-refractivity contribution in [2.75, 3.05) is 20.2 Å². The molecule has 1 unspecified atom stereocenters. The number of aliphatic imine (C=N–C) groups is 1. The number of amidine groups is 1. The first-order valence-corrected chi connectivity index (χ1v) is 9.47. The molecule has 1 aromatic heterocycles. The van der Waals surface area contributed by atoms with E-state index in [9.17, 15) is 14.4 Å². The van der Waals surface area contributed by atoms with Gasteiger partial charge in [-0.2, -0.15) is 4.57 Å². The van der Waals surface area contributed by atoms with Crippen molar-refractivity contribution in [2.24, 2.45) is 4.99 Å². The van der Waals surface area contributed by atoms with Crippen molar-refractivity contribution in [1.82, 2.24) is 14.4 Å². The van der Waals surface area contributed by atoms with Crippen LogP contribution in [0.25, 0.3) is 5.69 Å². The molecule has 3 amide bonds. The maximum atomic E-state index is 12.9. The van der Waals surface area contributed by atoms with E-state index in [-0.39, 0.29) is 17.9 Å². The summed E-state index contributed by atoms with van der Waals surface area (Å²) in [5.74, 6) is 0.307. The number of aryl methyl sites for hydroxylation is 1. The minimum atomic E-state index is -0.661. The van der Waals surface area contributed by atoms with Gasteiger partial charge in [0.05, 0.1) is 12.2 Å². The first-order chi connectivity index (χ1) is 13.9. The Kier molecular flexibility index (Phi) is 4.45. The highest BCUT2D eigenvalue weighted by atomic mass is 16.5. The molecule has 0 aliphatic carbocycles. The van der Waals surface area contributed by atoms with Gasteiger partial charge in [-0.25, -0.2) is 14.2 Å². The van der Waals surface area contributed by atoms with Crippen molar-refractivity contribution in [3.05, 3.63) is 41.7 Å². The molecule has 2 aliphatic heterocycles. The van der Waals surface area contributed by atoms with E-state index in [2.05, 4.69) is 4.99 Å². The first-order valence-electron chi connectivity index (χ1n) is 9.47. The molecule has 9 heteroatoms. The van der Waals surface area contributed by atoms with Gasteiger partial charge >= 0.3 is 17.9 Å². The summed E-state index contributed by atoms with van der Waals surface area (Å²) in [6.07, 6.45) is 1.85. The van der Waals surface area contributed by atoms with E-state index < -0.39 is 6.04 Å². The third-order valence-corrected chi connectivity index (χ3v) is 5.16. The molecule has 1 atom stereocenters. The molecule has 1 saturated heterocycles. The summed E-state index contributed by atoms with van der Waals surface area (Å²) < 4.78 is 8.70.